The number of likely N-dealkylation sites (tertiary alicyclic amines) is 1. The quantitative estimate of drug-likeness (QED) is 0.860. The molecule has 1 aromatic carbocycles. The zero-order chi connectivity index (χ0) is 19.6. The number of fused-ring (bicyclic) bond motifs is 1. The molecule has 3 aliphatic rings. The van der Waals surface area contributed by atoms with Crippen LogP contribution in [-0.2, 0) is 16.0 Å². The van der Waals surface area contributed by atoms with Crippen LogP contribution in [0.25, 0.3) is 10.9 Å². The molecule has 0 radical (unpaired) electrons. The Morgan fingerprint density at radius 3 is 2.83 bits per heavy atom. The third-order valence-corrected chi connectivity index (χ3v) is 6.53. The Labute approximate surface area is 172 Å². The summed E-state index contributed by atoms with van der Waals surface area (Å²) in [5, 5.41) is 5.95. The van der Waals surface area contributed by atoms with Gasteiger partial charge in [0.25, 0.3) is 0 Å². The van der Waals surface area contributed by atoms with Crippen LogP contribution < -0.4 is 5.48 Å². The molecule has 0 aliphatic carbocycles. The maximum atomic E-state index is 5.88. The van der Waals surface area contributed by atoms with Gasteiger partial charge in [0.1, 0.15) is 0 Å². The Kier molecular flexibility index (Phi) is 5.52. The summed E-state index contributed by atoms with van der Waals surface area (Å²) in [5.74, 6) is 1.86. The van der Waals surface area contributed by atoms with Gasteiger partial charge < -0.3 is 9.64 Å². The number of aliphatic imine (C=N–C) groups is 1. The van der Waals surface area contributed by atoms with Crippen molar-refractivity contribution in [1.29, 1.82) is 0 Å². The number of ether oxygens (including phenoxy) is 1. The second kappa shape index (κ2) is 8.42. The molecule has 0 amide bonds. The number of hydroxylamine groups is 1. The van der Waals surface area contributed by atoms with Crippen molar-refractivity contribution < 1.29 is 9.57 Å². The molecular formula is C22H31N5O2. The van der Waals surface area contributed by atoms with Crippen LogP contribution in [0.5, 0.6) is 0 Å². The van der Waals surface area contributed by atoms with Gasteiger partial charge in [-0.2, -0.15) is 9.78 Å². The first-order valence-corrected chi connectivity index (χ1v) is 11.1. The summed E-state index contributed by atoms with van der Waals surface area (Å²) in [6, 6.07) is 8.32. The van der Waals surface area contributed by atoms with E-state index in [-0.39, 0.29) is 6.23 Å². The lowest BCUT2D eigenvalue weighted by Gasteiger charge is -2.35. The first kappa shape index (κ1) is 19.0. The highest BCUT2D eigenvalue weighted by Gasteiger charge is 2.32. The Balaban J connectivity index is 1.23. The SMILES string of the molecule is CCc1nn(C2=NC(C3CCN(CC4CCCOC4)CC3)ON2)c2ccccc12. The highest BCUT2D eigenvalue weighted by molar-refractivity contribution is 5.93. The Morgan fingerprint density at radius 1 is 1.17 bits per heavy atom. The van der Waals surface area contributed by atoms with Gasteiger partial charge in [0.05, 0.1) is 17.8 Å². The molecule has 2 unspecified atom stereocenters. The van der Waals surface area contributed by atoms with Gasteiger partial charge >= 0.3 is 0 Å². The van der Waals surface area contributed by atoms with Crippen LogP contribution in [0, 0.1) is 11.8 Å². The summed E-state index contributed by atoms with van der Waals surface area (Å²) in [4.78, 5) is 13.3. The molecule has 2 atom stereocenters. The second-order valence-corrected chi connectivity index (χ2v) is 8.51. The molecule has 156 valence electrons. The Bertz CT molecular complexity index is 865. The molecule has 0 spiro atoms. The van der Waals surface area contributed by atoms with E-state index in [1.165, 1.54) is 24.8 Å². The summed E-state index contributed by atoms with van der Waals surface area (Å²) < 4.78 is 7.53. The molecule has 29 heavy (non-hydrogen) atoms. The van der Waals surface area contributed by atoms with Gasteiger partial charge in [-0.3, -0.25) is 0 Å². The van der Waals surface area contributed by atoms with E-state index in [1.54, 1.807) is 0 Å². The molecule has 4 heterocycles. The fourth-order valence-corrected chi connectivity index (χ4v) is 4.88. The molecule has 0 saturated carbocycles. The maximum absolute atomic E-state index is 5.88. The van der Waals surface area contributed by atoms with E-state index in [0.29, 0.717) is 17.8 Å². The van der Waals surface area contributed by atoms with Crippen LogP contribution in [0.1, 0.15) is 38.3 Å². The maximum Gasteiger partial charge on any atom is 0.246 e. The van der Waals surface area contributed by atoms with Crippen molar-refractivity contribution in [1.82, 2.24) is 20.2 Å². The zero-order valence-electron chi connectivity index (χ0n) is 17.2. The molecule has 3 aliphatic heterocycles. The number of rotatable bonds is 4. The molecule has 1 N–H and O–H groups in total. The number of aryl methyl sites for hydroxylation is 1. The number of benzene rings is 1. The minimum Gasteiger partial charge on any atom is -0.381 e. The van der Waals surface area contributed by atoms with Gasteiger partial charge in [0.15, 0.2) is 6.23 Å². The summed E-state index contributed by atoms with van der Waals surface area (Å²) in [6.45, 7) is 7.42. The van der Waals surface area contributed by atoms with Gasteiger partial charge in [-0.1, -0.05) is 25.1 Å². The second-order valence-electron chi connectivity index (χ2n) is 8.51. The van der Waals surface area contributed by atoms with Crippen molar-refractivity contribution in [3.05, 3.63) is 30.0 Å². The molecule has 5 rings (SSSR count). The zero-order valence-corrected chi connectivity index (χ0v) is 17.2. The lowest BCUT2D eigenvalue weighted by Crippen LogP contribution is -2.41. The molecule has 7 heteroatoms. The molecular weight excluding hydrogens is 366 g/mol. The molecule has 1 aromatic heterocycles. The average molecular weight is 398 g/mol. The van der Waals surface area contributed by atoms with Gasteiger partial charge in [-0.15, -0.1) is 0 Å². The van der Waals surface area contributed by atoms with Crippen molar-refractivity contribution in [2.24, 2.45) is 16.8 Å². The summed E-state index contributed by atoms with van der Waals surface area (Å²) in [6.07, 6.45) is 5.53. The molecule has 0 bridgehead atoms. The predicted octanol–water partition coefficient (Wildman–Crippen LogP) is 2.80. The number of hydrogen-bond donors (Lipinski definition) is 1. The molecule has 7 nitrogen and oxygen atoms in total. The number of aromatic nitrogens is 2. The fourth-order valence-electron chi connectivity index (χ4n) is 4.88. The third-order valence-electron chi connectivity index (χ3n) is 6.53. The van der Waals surface area contributed by atoms with E-state index in [9.17, 15) is 0 Å². The standard InChI is InChI=1S/C22H31N5O2/c1-2-19-18-7-3-4-8-20(18)27(24-19)22-23-21(29-25-22)17-9-11-26(12-10-17)14-16-6-5-13-28-15-16/h3-4,7-8,16-17,21H,2,5-6,9-15H2,1H3,(H,23,25). The van der Waals surface area contributed by atoms with E-state index in [4.69, 9.17) is 19.7 Å². The average Bonchev–Trinajstić information content (AvgIpc) is 3.40. The predicted molar refractivity (Wildman–Crippen MR) is 113 cm³/mol. The number of para-hydroxylation sites is 1. The van der Waals surface area contributed by atoms with Crippen LogP contribution in [0.4, 0.5) is 0 Å². The number of piperidine rings is 1. The van der Waals surface area contributed by atoms with Crippen molar-refractivity contribution in [3.8, 4) is 0 Å². The first-order chi connectivity index (χ1) is 14.3. The lowest BCUT2D eigenvalue weighted by atomic mass is 9.93. The molecule has 2 aromatic rings. The highest BCUT2D eigenvalue weighted by atomic mass is 16.7. The van der Waals surface area contributed by atoms with Crippen LogP contribution in [0.15, 0.2) is 29.3 Å². The number of nitrogens with one attached hydrogen (secondary N) is 1. The van der Waals surface area contributed by atoms with Crippen LogP contribution in [0.2, 0.25) is 0 Å². The normalized spacial score (nSPS) is 26.6. The van der Waals surface area contributed by atoms with Crippen LogP contribution >= 0.6 is 0 Å². The van der Waals surface area contributed by atoms with Crippen molar-refractivity contribution in [3.63, 3.8) is 0 Å². The number of hydrogen-bond acceptors (Lipinski definition) is 6. The van der Waals surface area contributed by atoms with Gasteiger partial charge in [-0.05, 0) is 57.2 Å². The van der Waals surface area contributed by atoms with E-state index >= 15 is 0 Å². The van der Waals surface area contributed by atoms with E-state index in [0.717, 1.165) is 56.8 Å². The summed E-state index contributed by atoms with van der Waals surface area (Å²) in [5.41, 5.74) is 5.21. The summed E-state index contributed by atoms with van der Waals surface area (Å²) in [7, 11) is 0. The largest absolute Gasteiger partial charge is 0.381 e. The third kappa shape index (κ3) is 3.91. The minimum absolute atomic E-state index is 0.127. The topological polar surface area (TPSA) is 63.9 Å². The number of nitrogens with zero attached hydrogens (tertiary/aromatic N) is 4. The Hall–Kier alpha value is -1.96. The van der Waals surface area contributed by atoms with Gasteiger partial charge in [0.2, 0.25) is 5.96 Å². The highest BCUT2D eigenvalue weighted by Crippen LogP contribution is 2.27. The molecule has 2 fully saturated rings. The smallest absolute Gasteiger partial charge is 0.246 e. The minimum atomic E-state index is -0.127. The van der Waals surface area contributed by atoms with E-state index in [1.807, 2.05) is 10.7 Å². The van der Waals surface area contributed by atoms with Gasteiger partial charge in [-0.25, -0.2) is 15.3 Å². The fraction of sp³-hybridized carbons (Fsp3) is 0.636. The van der Waals surface area contributed by atoms with Crippen molar-refractivity contribution >= 4 is 16.9 Å². The van der Waals surface area contributed by atoms with Crippen LogP contribution in [0.3, 0.4) is 0 Å². The van der Waals surface area contributed by atoms with E-state index < -0.39 is 0 Å². The Morgan fingerprint density at radius 2 is 2.03 bits per heavy atom. The van der Waals surface area contributed by atoms with Gasteiger partial charge in [0, 0.05) is 24.5 Å². The summed E-state index contributed by atoms with van der Waals surface area (Å²) >= 11 is 0. The monoisotopic (exact) mass is 397 g/mol. The van der Waals surface area contributed by atoms with E-state index in [2.05, 4.69) is 35.5 Å². The van der Waals surface area contributed by atoms with Crippen molar-refractivity contribution in [2.45, 2.75) is 45.3 Å². The lowest BCUT2D eigenvalue weighted by molar-refractivity contribution is -0.0235. The van der Waals surface area contributed by atoms with Crippen LogP contribution in [-0.4, -0.2) is 59.7 Å². The molecule has 2 saturated heterocycles. The first-order valence-electron chi connectivity index (χ1n) is 11.1. The van der Waals surface area contributed by atoms with Crippen molar-refractivity contribution in [2.75, 3.05) is 32.8 Å².